The van der Waals surface area contributed by atoms with E-state index < -0.39 is 5.97 Å². The van der Waals surface area contributed by atoms with Gasteiger partial charge in [0, 0.05) is 6.92 Å². The van der Waals surface area contributed by atoms with Gasteiger partial charge in [0.25, 0.3) is 0 Å². The van der Waals surface area contributed by atoms with Crippen LogP contribution >= 0.6 is 0 Å². The highest BCUT2D eigenvalue weighted by Crippen LogP contribution is 1.92. The lowest BCUT2D eigenvalue weighted by molar-refractivity contribution is -0.140. The molecular weight excluding hydrogens is 130 g/mol. The largest absolute Gasteiger partial charge is 0.331 e. The van der Waals surface area contributed by atoms with Gasteiger partial charge in [-0.05, 0) is 19.4 Å². The summed E-state index contributed by atoms with van der Waals surface area (Å²) in [4.78, 5) is 14.6. The van der Waals surface area contributed by atoms with Gasteiger partial charge in [0.15, 0.2) is 0 Å². The van der Waals surface area contributed by atoms with E-state index in [1.165, 1.54) is 6.92 Å². The van der Waals surface area contributed by atoms with E-state index in [1.807, 2.05) is 0 Å². The third-order valence-corrected chi connectivity index (χ3v) is 0.929. The number of carbonyl (C=O) groups is 1. The van der Waals surface area contributed by atoms with Crippen LogP contribution in [0.3, 0.4) is 0 Å². The molecule has 0 aliphatic heterocycles. The standard InChI is InChI=1S/C7H11NO2/c1-5(2)6(3)8-10-7(4)9/h1H2,2-4H3/b8-6-. The first-order chi connectivity index (χ1) is 4.54. The minimum absolute atomic E-state index is 0.416. The molecule has 0 aliphatic rings. The smallest absolute Gasteiger partial charge is 0.318 e. The first kappa shape index (κ1) is 8.88. The summed E-state index contributed by atoms with van der Waals surface area (Å²) in [6.45, 7) is 8.43. The van der Waals surface area contributed by atoms with E-state index in [1.54, 1.807) is 13.8 Å². The fourth-order valence-corrected chi connectivity index (χ4v) is 0.211. The van der Waals surface area contributed by atoms with Crippen molar-refractivity contribution in [1.82, 2.24) is 0 Å². The molecule has 0 aromatic heterocycles. The van der Waals surface area contributed by atoms with Gasteiger partial charge >= 0.3 is 5.97 Å². The van der Waals surface area contributed by atoms with Crippen molar-refractivity contribution >= 4 is 11.7 Å². The van der Waals surface area contributed by atoms with Gasteiger partial charge in [0.05, 0.1) is 5.71 Å². The van der Waals surface area contributed by atoms with Crippen LogP contribution in [0.5, 0.6) is 0 Å². The molecule has 0 bridgehead atoms. The van der Waals surface area contributed by atoms with Crippen molar-refractivity contribution in [2.24, 2.45) is 5.16 Å². The Morgan fingerprint density at radius 1 is 1.40 bits per heavy atom. The lowest BCUT2D eigenvalue weighted by Gasteiger charge is -1.95. The van der Waals surface area contributed by atoms with Gasteiger partial charge in [-0.15, -0.1) is 0 Å². The highest BCUT2D eigenvalue weighted by atomic mass is 16.7. The zero-order valence-electron chi connectivity index (χ0n) is 6.47. The topological polar surface area (TPSA) is 38.7 Å². The fraction of sp³-hybridized carbons (Fsp3) is 0.429. The molecule has 0 radical (unpaired) electrons. The van der Waals surface area contributed by atoms with E-state index in [-0.39, 0.29) is 0 Å². The second-order valence-corrected chi connectivity index (χ2v) is 2.04. The number of carbonyl (C=O) groups excluding carboxylic acids is 1. The fourth-order valence-electron chi connectivity index (χ4n) is 0.211. The molecule has 3 nitrogen and oxygen atoms in total. The molecular formula is C7H11NO2. The van der Waals surface area contributed by atoms with Crippen molar-refractivity contribution in [2.45, 2.75) is 20.8 Å². The Balaban J connectivity index is 3.92. The summed E-state index contributed by atoms with van der Waals surface area (Å²) in [6, 6.07) is 0. The predicted octanol–water partition coefficient (Wildman–Crippen LogP) is 1.50. The second-order valence-electron chi connectivity index (χ2n) is 2.04. The molecule has 0 spiro atoms. The van der Waals surface area contributed by atoms with Gasteiger partial charge in [-0.25, -0.2) is 4.79 Å². The van der Waals surface area contributed by atoms with Gasteiger partial charge in [0.1, 0.15) is 0 Å². The number of hydrogen-bond acceptors (Lipinski definition) is 3. The van der Waals surface area contributed by atoms with Gasteiger partial charge in [-0.2, -0.15) is 0 Å². The first-order valence-corrected chi connectivity index (χ1v) is 2.92. The first-order valence-electron chi connectivity index (χ1n) is 2.92. The normalized spacial score (nSPS) is 10.9. The van der Waals surface area contributed by atoms with Crippen molar-refractivity contribution in [3.8, 4) is 0 Å². The molecule has 0 unspecified atom stereocenters. The van der Waals surface area contributed by atoms with Crippen LogP contribution in [-0.2, 0) is 9.63 Å². The van der Waals surface area contributed by atoms with Crippen LogP contribution in [0.15, 0.2) is 17.3 Å². The molecule has 3 heteroatoms. The van der Waals surface area contributed by atoms with Crippen LogP contribution in [0.2, 0.25) is 0 Å². The van der Waals surface area contributed by atoms with Crippen LogP contribution in [0.1, 0.15) is 20.8 Å². The molecule has 0 saturated carbocycles. The average molecular weight is 141 g/mol. The summed E-state index contributed by atoms with van der Waals surface area (Å²) in [5, 5.41) is 3.49. The minimum Gasteiger partial charge on any atom is -0.318 e. The molecule has 0 rings (SSSR count). The van der Waals surface area contributed by atoms with Gasteiger partial charge in [0.2, 0.25) is 0 Å². The summed E-state index contributed by atoms with van der Waals surface area (Å²) in [5.41, 5.74) is 1.43. The van der Waals surface area contributed by atoms with Gasteiger partial charge in [-0.1, -0.05) is 11.7 Å². The molecule has 0 fully saturated rings. The summed E-state index contributed by atoms with van der Waals surface area (Å²) in [7, 11) is 0. The average Bonchev–Trinajstić information content (AvgIpc) is 1.82. The van der Waals surface area contributed by atoms with E-state index in [0.717, 1.165) is 5.57 Å². The number of allylic oxidation sites excluding steroid dienone is 1. The van der Waals surface area contributed by atoms with Crippen LogP contribution in [0.4, 0.5) is 0 Å². The molecule has 0 atom stereocenters. The maximum absolute atomic E-state index is 10.2. The lowest BCUT2D eigenvalue weighted by Crippen LogP contribution is -1.97. The minimum atomic E-state index is -0.416. The van der Waals surface area contributed by atoms with E-state index in [2.05, 4.69) is 16.6 Å². The summed E-state index contributed by atoms with van der Waals surface area (Å²) >= 11 is 0. The molecule has 0 aromatic rings. The highest BCUT2D eigenvalue weighted by Gasteiger charge is 1.93. The van der Waals surface area contributed by atoms with Crippen LogP contribution in [0, 0.1) is 0 Å². The zero-order valence-corrected chi connectivity index (χ0v) is 6.47. The zero-order chi connectivity index (χ0) is 8.15. The summed E-state index contributed by atoms with van der Waals surface area (Å²) < 4.78 is 0. The third-order valence-electron chi connectivity index (χ3n) is 0.929. The molecule has 0 saturated heterocycles. The van der Waals surface area contributed by atoms with E-state index >= 15 is 0 Å². The monoisotopic (exact) mass is 141 g/mol. The number of oxime groups is 1. The predicted molar refractivity (Wildman–Crippen MR) is 39.7 cm³/mol. The Bertz CT molecular complexity index is 182. The van der Waals surface area contributed by atoms with Crippen LogP contribution < -0.4 is 0 Å². The van der Waals surface area contributed by atoms with Crippen LogP contribution in [-0.4, -0.2) is 11.7 Å². The number of hydrogen-bond donors (Lipinski definition) is 0. The quantitative estimate of drug-likeness (QED) is 0.332. The van der Waals surface area contributed by atoms with Crippen molar-refractivity contribution < 1.29 is 9.63 Å². The summed E-state index contributed by atoms with van der Waals surface area (Å²) in [5.74, 6) is -0.416. The van der Waals surface area contributed by atoms with E-state index in [0.29, 0.717) is 5.71 Å². The van der Waals surface area contributed by atoms with E-state index in [4.69, 9.17) is 0 Å². The SMILES string of the molecule is C=C(C)/C(C)=N\OC(C)=O. The van der Waals surface area contributed by atoms with Gasteiger partial charge < -0.3 is 4.84 Å². The highest BCUT2D eigenvalue weighted by molar-refractivity contribution is 5.96. The van der Waals surface area contributed by atoms with Crippen molar-refractivity contribution in [1.29, 1.82) is 0 Å². The molecule has 0 aromatic carbocycles. The Morgan fingerprint density at radius 3 is 2.20 bits per heavy atom. The Labute approximate surface area is 60.4 Å². The number of nitrogens with zero attached hydrogens (tertiary/aromatic N) is 1. The maximum Gasteiger partial charge on any atom is 0.331 e. The van der Waals surface area contributed by atoms with Crippen molar-refractivity contribution in [2.75, 3.05) is 0 Å². The van der Waals surface area contributed by atoms with Gasteiger partial charge in [-0.3, -0.25) is 0 Å². The molecule has 0 amide bonds. The van der Waals surface area contributed by atoms with Crippen molar-refractivity contribution in [3.05, 3.63) is 12.2 Å². The lowest BCUT2D eigenvalue weighted by atomic mass is 10.2. The molecule has 0 N–H and O–H groups in total. The van der Waals surface area contributed by atoms with Crippen LogP contribution in [0.25, 0.3) is 0 Å². The second kappa shape index (κ2) is 3.82. The van der Waals surface area contributed by atoms with E-state index in [9.17, 15) is 4.79 Å². The molecule has 56 valence electrons. The maximum atomic E-state index is 10.2. The molecule has 0 heterocycles. The molecule has 0 aliphatic carbocycles. The van der Waals surface area contributed by atoms with Crippen molar-refractivity contribution in [3.63, 3.8) is 0 Å². The number of rotatable bonds is 2. The Kier molecular flexibility index (Phi) is 3.39. The molecule has 10 heavy (non-hydrogen) atoms. The Hall–Kier alpha value is -1.12. The summed E-state index contributed by atoms with van der Waals surface area (Å²) in [6.07, 6.45) is 0. The Morgan fingerprint density at radius 2 is 1.90 bits per heavy atom. The third kappa shape index (κ3) is 3.83.